The fourth-order valence-corrected chi connectivity index (χ4v) is 1.41. The molecule has 0 aliphatic rings. The van der Waals surface area contributed by atoms with Crippen LogP contribution in [0, 0.1) is 22.5 Å². The van der Waals surface area contributed by atoms with Crippen molar-refractivity contribution in [3.05, 3.63) is 22.2 Å². The number of hydrogen-bond acceptors (Lipinski definition) is 6. The van der Waals surface area contributed by atoms with E-state index in [0.717, 1.165) is 0 Å². The standard InChI is InChI=1S/C10H8N4O3/c1-2-3-6-11-7-4-5-8(14(15)16)10-9(7)12-17-13-10/h1,4-5,11H,3,6H2. The van der Waals surface area contributed by atoms with Gasteiger partial charge >= 0.3 is 5.69 Å². The maximum atomic E-state index is 10.7. The highest BCUT2D eigenvalue weighted by Crippen LogP contribution is 2.28. The van der Waals surface area contributed by atoms with Crippen molar-refractivity contribution in [1.82, 2.24) is 10.3 Å². The minimum absolute atomic E-state index is 0.126. The molecule has 86 valence electrons. The normalized spacial score (nSPS) is 10.1. The molecule has 0 radical (unpaired) electrons. The molecule has 0 spiro atoms. The van der Waals surface area contributed by atoms with E-state index in [9.17, 15) is 10.1 Å². The third kappa shape index (κ3) is 2.01. The van der Waals surface area contributed by atoms with Crippen LogP contribution < -0.4 is 5.32 Å². The van der Waals surface area contributed by atoms with Crippen molar-refractivity contribution in [2.75, 3.05) is 11.9 Å². The molecule has 0 amide bonds. The summed E-state index contributed by atoms with van der Waals surface area (Å²) in [6, 6.07) is 2.91. The van der Waals surface area contributed by atoms with Gasteiger partial charge in [0.2, 0.25) is 5.52 Å². The molecule has 17 heavy (non-hydrogen) atoms. The number of nitro groups is 1. The van der Waals surface area contributed by atoms with Crippen LogP contribution in [-0.2, 0) is 0 Å². The molecule has 0 saturated heterocycles. The van der Waals surface area contributed by atoms with Crippen molar-refractivity contribution < 1.29 is 9.55 Å². The summed E-state index contributed by atoms with van der Waals surface area (Å²) >= 11 is 0. The molecule has 2 aromatic rings. The van der Waals surface area contributed by atoms with Gasteiger partial charge in [0.25, 0.3) is 0 Å². The SMILES string of the molecule is C#CCCNc1ccc([N+](=O)[O-])c2nonc12. The molecule has 0 fully saturated rings. The Morgan fingerprint density at radius 3 is 2.94 bits per heavy atom. The third-order valence-corrected chi connectivity index (χ3v) is 2.18. The van der Waals surface area contributed by atoms with Gasteiger partial charge in [0, 0.05) is 19.0 Å². The smallest absolute Gasteiger partial charge is 0.300 e. The lowest BCUT2D eigenvalue weighted by molar-refractivity contribution is -0.383. The van der Waals surface area contributed by atoms with Gasteiger partial charge in [-0.3, -0.25) is 10.1 Å². The number of hydrogen-bond donors (Lipinski definition) is 1. The van der Waals surface area contributed by atoms with Crippen LogP contribution in [0.15, 0.2) is 16.8 Å². The van der Waals surface area contributed by atoms with Gasteiger partial charge in [-0.1, -0.05) is 0 Å². The maximum Gasteiger partial charge on any atom is 0.300 e. The van der Waals surface area contributed by atoms with Crippen LogP contribution >= 0.6 is 0 Å². The molecule has 0 aliphatic heterocycles. The minimum Gasteiger partial charge on any atom is -0.382 e. The largest absolute Gasteiger partial charge is 0.382 e. The Kier molecular flexibility index (Phi) is 2.87. The predicted octanol–water partition coefficient (Wildman–Crippen LogP) is 1.57. The third-order valence-electron chi connectivity index (χ3n) is 2.18. The lowest BCUT2D eigenvalue weighted by atomic mass is 10.2. The second-order valence-electron chi connectivity index (χ2n) is 3.23. The van der Waals surface area contributed by atoms with Crippen LogP contribution in [0.4, 0.5) is 11.4 Å². The lowest BCUT2D eigenvalue weighted by Crippen LogP contribution is -2.01. The van der Waals surface area contributed by atoms with Gasteiger partial charge in [-0.15, -0.1) is 12.3 Å². The number of nitro benzene ring substituents is 1. The molecule has 1 aromatic carbocycles. The van der Waals surface area contributed by atoms with Crippen LogP contribution in [0.2, 0.25) is 0 Å². The summed E-state index contributed by atoms with van der Waals surface area (Å²) < 4.78 is 4.52. The monoisotopic (exact) mass is 232 g/mol. The number of nitrogens with zero attached hydrogens (tertiary/aromatic N) is 3. The highest BCUT2D eigenvalue weighted by atomic mass is 16.6. The molecule has 1 N–H and O–H groups in total. The molecule has 0 unspecified atom stereocenters. The van der Waals surface area contributed by atoms with E-state index in [2.05, 4.69) is 26.2 Å². The molecule has 7 heteroatoms. The van der Waals surface area contributed by atoms with Crippen molar-refractivity contribution in [2.45, 2.75) is 6.42 Å². The zero-order chi connectivity index (χ0) is 12.3. The zero-order valence-electron chi connectivity index (χ0n) is 8.71. The van der Waals surface area contributed by atoms with E-state index in [1.807, 2.05) is 0 Å². The molecule has 1 heterocycles. The highest BCUT2D eigenvalue weighted by Gasteiger charge is 2.19. The summed E-state index contributed by atoms with van der Waals surface area (Å²) in [7, 11) is 0. The average Bonchev–Trinajstić information content (AvgIpc) is 2.78. The molecular formula is C10H8N4O3. The van der Waals surface area contributed by atoms with Gasteiger partial charge < -0.3 is 5.32 Å². The van der Waals surface area contributed by atoms with Crippen molar-refractivity contribution in [1.29, 1.82) is 0 Å². The van der Waals surface area contributed by atoms with Gasteiger partial charge in [0.05, 0.1) is 10.6 Å². The zero-order valence-corrected chi connectivity index (χ0v) is 8.71. The van der Waals surface area contributed by atoms with Crippen LogP contribution in [0.3, 0.4) is 0 Å². The number of benzene rings is 1. The topological polar surface area (TPSA) is 94.1 Å². The van der Waals surface area contributed by atoms with Crippen LogP contribution in [-0.4, -0.2) is 21.8 Å². The summed E-state index contributed by atoms with van der Waals surface area (Å²) in [5.74, 6) is 2.48. The van der Waals surface area contributed by atoms with E-state index >= 15 is 0 Å². The molecule has 0 saturated carbocycles. The van der Waals surface area contributed by atoms with E-state index in [4.69, 9.17) is 6.42 Å². The lowest BCUT2D eigenvalue weighted by Gasteiger charge is -2.03. The Morgan fingerprint density at radius 1 is 1.47 bits per heavy atom. The Hall–Kier alpha value is -2.62. The number of rotatable bonds is 4. The molecule has 0 aliphatic carbocycles. The number of non-ortho nitro benzene ring substituents is 1. The van der Waals surface area contributed by atoms with Gasteiger partial charge in [0.15, 0.2) is 5.52 Å². The first-order valence-electron chi connectivity index (χ1n) is 4.81. The maximum absolute atomic E-state index is 10.7. The van der Waals surface area contributed by atoms with E-state index in [-0.39, 0.29) is 11.2 Å². The fraction of sp³-hybridized carbons (Fsp3) is 0.200. The van der Waals surface area contributed by atoms with E-state index in [1.54, 1.807) is 6.07 Å². The van der Waals surface area contributed by atoms with Crippen LogP contribution in [0.1, 0.15) is 6.42 Å². The van der Waals surface area contributed by atoms with Crippen molar-refractivity contribution in [2.24, 2.45) is 0 Å². The van der Waals surface area contributed by atoms with Gasteiger partial charge in [-0.05, 0) is 16.4 Å². The Labute approximate surface area is 95.9 Å². The first kappa shape index (κ1) is 10.9. The van der Waals surface area contributed by atoms with E-state index in [1.165, 1.54) is 6.07 Å². The summed E-state index contributed by atoms with van der Waals surface area (Å²) in [6.45, 7) is 0.552. The first-order valence-corrected chi connectivity index (χ1v) is 4.81. The quantitative estimate of drug-likeness (QED) is 0.372. The predicted molar refractivity (Wildman–Crippen MR) is 60.4 cm³/mol. The first-order chi connectivity index (χ1) is 8.24. The highest BCUT2D eigenvalue weighted by molar-refractivity contribution is 5.93. The van der Waals surface area contributed by atoms with Crippen molar-refractivity contribution in [3.8, 4) is 12.3 Å². The second-order valence-corrected chi connectivity index (χ2v) is 3.23. The Balaban J connectivity index is 2.40. The number of nitrogens with one attached hydrogen (secondary N) is 1. The average molecular weight is 232 g/mol. The van der Waals surface area contributed by atoms with Crippen LogP contribution in [0.5, 0.6) is 0 Å². The summed E-state index contributed by atoms with van der Waals surface area (Å²) in [5.41, 5.74) is 0.933. The van der Waals surface area contributed by atoms with Gasteiger partial charge in [-0.2, -0.15) is 0 Å². The van der Waals surface area contributed by atoms with Crippen molar-refractivity contribution >= 4 is 22.4 Å². The molecule has 0 bridgehead atoms. The molecule has 0 atom stereocenters. The number of terminal acetylenes is 1. The summed E-state index contributed by atoms with van der Waals surface area (Å²) in [6.07, 6.45) is 5.67. The number of fused-ring (bicyclic) bond motifs is 1. The fourth-order valence-electron chi connectivity index (χ4n) is 1.41. The molecule has 7 nitrogen and oxygen atoms in total. The Bertz CT molecular complexity index is 599. The van der Waals surface area contributed by atoms with Crippen LogP contribution in [0.25, 0.3) is 11.0 Å². The van der Waals surface area contributed by atoms with Gasteiger partial charge in [-0.25, -0.2) is 4.63 Å². The molecule has 1 aromatic heterocycles. The molecule has 2 rings (SSSR count). The number of aromatic nitrogens is 2. The molecular weight excluding hydrogens is 224 g/mol. The van der Waals surface area contributed by atoms with Gasteiger partial charge in [0.1, 0.15) is 0 Å². The summed E-state index contributed by atoms with van der Waals surface area (Å²) in [5, 5.41) is 20.9. The summed E-state index contributed by atoms with van der Waals surface area (Å²) in [4.78, 5) is 10.2. The van der Waals surface area contributed by atoms with E-state index < -0.39 is 4.92 Å². The minimum atomic E-state index is -0.530. The Morgan fingerprint density at radius 2 is 2.24 bits per heavy atom. The second kappa shape index (κ2) is 4.49. The van der Waals surface area contributed by atoms with Crippen molar-refractivity contribution in [3.63, 3.8) is 0 Å². The van der Waals surface area contributed by atoms with E-state index in [0.29, 0.717) is 24.2 Å². The number of anilines is 1.